The van der Waals surface area contributed by atoms with Crippen LogP contribution in [0.5, 0.6) is 0 Å². The highest BCUT2D eigenvalue weighted by atomic mass is 35.5. The summed E-state index contributed by atoms with van der Waals surface area (Å²) in [5.41, 5.74) is 0. The average molecular weight is 178 g/mol. The molecule has 11 heavy (non-hydrogen) atoms. The fraction of sp³-hybridized carbons (Fsp3) is 0.857. The second-order valence-electron chi connectivity index (χ2n) is 2.86. The summed E-state index contributed by atoms with van der Waals surface area (Å²) in [6, 6.07) is 0. The lowest BCUT2D eigenvalue weighted by atomic mass is 10.4. The molecule has 0 saturated carbocycles. The second-order valence-corrected chi connectivity index (χ2v) is 3.25. The van der Waals surface area contributed by atoms with Crippen molar-refractivity contribution in [1.82, 2.24) is 0 Å². The Hall–Kier alpha value is -0.120. The van der Waals surface area contributed by atoms with Crippen LogP contribution in [-0.4, -0.2) is 30.7 Å². The molecule has 0 aromatic carbocycles. The summed E-state index contributed by atoms with van der Waals surface area (Å²) in [5.74, 6) is -0.518. The van der Waals surface area contributed by atoms with E-state index < -0.39 is 5.79 Å². The zero-order valence-electron chi connectivity index (χ0n) is 6.93. The van der Waals surface area contributed by atoms with Gasteiger partial charge in [0.25, 0.3) is 0 Å². The van der Waals surface area contributed by atoms with E-state index in [-0.39, 0.29) is 6.10 Å². The maximum absolute atomic E-state index is 5.74. The third-order valence-corrected chi connectivity index (χ3v) is 1.90. The first-order valence-electron chi connectivity index (χ1n) is 3.49. The highest BCUT2D eigenvalue weighted by Crippen LogP contribution is 2.23. The van der Waals surface area contributed by atoms with Gasteiger partial charge in [-0.15, -0.1) is 0 Å². The van der Waals surface area contributed by atoms with Crippen molar-refractivity contribution >= 4 is 16.8 Å². The molecule has 0 N–H and O–H groups in total. The van der Waals surface area contributed by atoms with Crippen LogP contribution in [0.1, 0.15) is 13.8 Å². The SMILES string of the molecule is C/N=C(\Cl)[C@H]1COC(C)(C)O1. The molecule has 0 aliphatic carbocycles. The molecule has 0 spiro atoms. The molecule has 1 aliphatic rings. The van der Waals surface area contributed by atoms with Crippen molar-refractivity contribution in [2.45, 2.75) is 25.7 Å². The first-order valence-corrected chi connectivity index (χ1v) is 3.87. The van der Waals surface area contributed by atoms with Gasteiger partial charge in [0.1, 0.15) is 11.3 Å². The van der Waals surface area contributed by atoms with Crippen LogP contribution in [0.3, 0.4) is 0 Å². The van der Waals surface area contributed by atoms with Gasteiger partial charge in [-0.3, -0.25) is 4.99 Å². The molecule has 1 rings (SSSR count). The lowest BCUT2D eigenvalue weighted by molar-refractivity contribution is -0.131. The molecule has 0 bridgehead atoms. The predicted octanol–water partition coefficient (Wildman–Crippen LogP) is 1.41. The summed E-state index contributed by atoms with van der Waals surface area (Å²) in [6.07, 6.45) is -0.184. The molecule has 1 heterocycles. The van der Waals surface area contributed by atoms with Crippen molar-refractivity contribution in [2.75, 3.05) is 13.7 Å². The number of ether oxygens (including phenoxy) is 2. The quantitative estimate of drug-likeness (QED) is 0.567. The van der Waals surface area contributed by atoms with E-state index in [2.05, 4.69) is 4.99 Å². The molecular formula is C7H12ClNO2. The topological polar surface area (TPSA) is 30.8 Å². The third-order valence-electron chi connectivity index (χ3n) is 1.49. The van der Waals surface area contributed by atoms with Crippen molar-refractivity contribution in [3.8, 4) is 0 Å². The van der Waals surface area contributed by atoms with Crippen LogP contribution in [0.25, 0.3) is 0 Å². The van der Waals surface area contributed by atoms with E-state index in [9.17, 15) is 0 Å². The Bertz CT molecular complexity index is 179. The summed E-state index contributed by atoms with van der Waals surface area (Å²) in [4.78, 5) is 3.81. The van der Waals surface area contributed by atoms with E-state index in [4.69, 9.17) is 21.1 Å². The highest BCUT2D eigenvalue weighted by molar-refractivity contribution is 6.66. The summed E-state index contributed by atoms with van der Waals surface area (Å²) >= 11 is 5.74. The largest absolute Gasteiger partial charge is 0.347 e. The predicted molar refractivity (Wildman–Crippen MR) is 44.1 cm³/mol. The molecule has 0 unspecified atom stereocenters. The first kappa shape index (κ1) is 8.97. The molecule has 1 atom stereocenters. The molecule has 3 nitrogen and oxygen atoms in total. The molecular weight excluding hydrogens is 166 g/mol. The molecule has 1 fully saturated rings. The molecule has 0 radical (unpaired) electrons. The van der Waals surface area contributed by atoms with Gasteiger partial charge in [-0.2, -0.15) is 0 Å². The Morgan fingerprint density at radius 2 is 2.27 bits per heavy atom. The summed E-state index contributed by atoms with van der Waals surface area (Å²) in [6.45, 7) is 4.20. The van der Waals surface area contributed by atoms with Gasteiger partial charge in [0, 0.05) is 7.05 Å². The molecule has 0 aromatic rings. The van der Waals surface area contributed by atoms with Crippen molar-refractivity contribution in [3.63, 3.8) is 0 Å². The van der Waals surface area contributed by atoms with E-state index in [1.54, 1.807) is 7.05 Å². The first-order chi connectivity index (χ1) is 5.05. The van der Waals surface area contributed by atoms with Gasteiger partial charge < -0.3 is 9.47 Å². The van der Waals surface area contributed by atoms with Gasteiger partial charge in [0.05, 0.1) is 6.61 Å². The molecule has 1 aliphatic heterocycles. The van der Waals surface area contributed by atoms with E-state index in [0.29, 0.717) is 11.8 Å². The Balaban J connectivity index is 2.55. The number of rotatable bonds is 1. The number of hydrogen-bond acceptors (Lipinski definition) is 3. The van der Waals surface area contributed by atoms with Crippen LogP contribution in [0.2, 0.25) is 0 Å². The Labute approximate surface area is 71.3 Å². The zero-order chi connectivity index (χ0) is 8.48. The van der Waals surface area contributed by atoms with Gasteiger partial charge in [-0.05, 0) is 13.8 Å². The van der Waals surface area contributed by atoms with Crippen LogP contribution >= 0.6 is 11.6 Å². The highest BCUT2D eigenvalue weighted by Gasteiger charge is 2.34. The van der Waals surface area contributed by atoms with E-state index >= 15 is 0 Å². The number of nitrogens with zero attached hydrogens (tertiary/aromatic N) is 1. The van der Waals surface area contributed by atoms with E-state index in [1.165, 1.54) is 0 Å². The third kappa shape index (κ3) is 2.15. The Morgan fingerprint density at radius 1 is 1.64 bits per heavy atom. The minimum atomic E-state index is -0.518. The van der Waals surface area contributed by atoms with Gasteiger partial charge in [0.15, 0.2) is 5.79 Å². The van der Waals surface area contributed by atoms with Crippen molar-refractivity contribution < 1.29 is 9.47 Å². The molecule has 1 saturated heterocycles. The second kappa shape index (κ2) is 3.09. The fourth-order valence-corrected chi connectivity index (χ4v) is 1.06. The minimum Gasteiger partial charge on any atom is -0.347 e. The van der Waals surface area contributed by atoms with E-state index in [1.807, 2.05) is 13.8 Å². The summed E-state index contributed by atoms with van der Waals surface area (Å²) in [5, 5.41) is 0.468. The summed E-state index contributed by atoms with van der Waals surface area (Å²) < 4.78 is 10.7. The Kier molecular flexibility index (Phi) is 2.52. The minimum absolute atomic E-state index is 0.184. The number of halogens is 1. The van der Waals surface area contributed by atoms with Crippen LogP contribution in [-0.2, 0) is 9.47 Å². The normalized spacial score (nSPS) is 30.9. The number of hydrogen-bond donors (Lipinski definition) is 0. The van der Waals surface area contributed by atoms with Crippen LogP contribution in [0.15, 0.2) is 4.99 Å². The standard InChI is InChI=1S/C7H12ClNO2/c1-7(2)10-4-5(11-7)6(8)9-3/h5H,4H2,1-3H3/b9-6-/t5-/m1/s1. The van der Waals surface area contributed by atoms with Gasteiger partial charge in [0.2, 0.25) is 0 Å². The maximum atomic E-state index is 5.74. The Morgan fingerprint density at radius 3 is 2.64 bits per heavy atom. The van der Waals surface area contributed by atoms with Crippen molar-refractivity contribution in [2.24, 2.45) is 4.99 Å². The zero-order valence-corrected chi connectivity index (χ0v) is 7.68. The van der Waals surface area contributed by atoms with Gasteiger partial charge >= 0.3 is 0 Å². The average Bonchev–Trinajstić information content (AvgIpc) is 2.29. The van der Waals surface area contributed by atoms with E-state index in [0.717, 1.165) is 0 Å². The molecule has 0 amide bonds. The summed E-state index contributed by atoms with van der Waals surface area (Å²) in [7, 11) is 1.64. The fourth-order valence-electron chi connectivity index (χ4n) is 0.948. The van der Waals surface area contributed by atoms with Crippen LogP contribution < -0.4 is 0 Å². The lowest BCUT2D eigenvalue weighted by Crippen LogP contribution is -2.24. The van der Waals surface area contributed by atoms with Crippen molar-refractivity contribution in [3.05, 3.63) is 0 Å². The monoisotopic (exact) mass is 177 g/mol. The molecule has 64 valence electrons. The number of aliphatic imine (C=N–C) groups is 1. The molecule has 0 aromatic heterocycles. The van der Waals surface area contributed by atoms with Crippen LogP contribution in [0.4, 0.5) is 0 Å². The molecule has 4 heteroatoms. The van der Waals surface area contributed by atoms with Crippen LogP contribution in [0, 0.1) is 0 Å². The maximum Gasteiger partial charge on any atom is 0.163 e. The van der Waals surface area contributed by atoms with Gasteiger partial charge in [-0.25, -0.2) is 0 Å². The lowest BCUT2D eigenvalue weighted by Gasteiger charge is -2.16. The van der Waals surface area contributed by atoms with Gasteiger partial charge in [-0.1, -0.05) is 11.6 Å². The van der Waals surface area contributed by atoms with Crippen molar-refractivity contribution in [1.29, 1.82) is 0 Å². The smallest absolute Gasteiger partial charge is 0.163 e.